The first-order valence-electron chi connectivity index (χ1n) is 6.74. The largest absolute Gasteiger partial charge is 0.375 e. The Bertz CT molecular complexity index is 347. The van der Waals surface area contributed by atoms with Crippen LogP contribution in [-0.2, 0) is 11.3 Å². The Morgan fingerprint density at radius 2 is 2.06 bits per heavy atom. The highest BCUT2D eigenvalue weighted by Gasteiger charge is 2.20. The summed E-state index contributed by atoms with van der Waals surface area (Å²) in [4.78, 5) is 0. The zero-order valence-electron chi connectivity index (χ0n) is 10.9. The van der Waals surface area contributed by atoms with Gasteiger partial charge in [-0.2, -0.15) is 0 Å². The van der Waals surface area contributed by atoms with Gasteiger partial charge in [-0.25, -0.2) is 0 Å². The van der Waals surface area contributed by atoms with E-state index in [0.717, 1.165) is 25.7 Å². The fourth-order valence-corrected chi connectivity index (χ4v) is 2.44. The third kappa shape index (κ3) is 3.08. The number of nitrogens with one attached hydrogen (secondary N) is 1. The van der Waals surface area contributed by atoms with E-state index in [1.807, 2.05) is 0 Å². The Morgan fingerprint density at radius 1 is 1.29 bits per heavy atom. The lowest BCUT2D eigenvalue weighted by atomic mass is 9.97. The fourth-order valence-electron chi connectivity index (χ4n) is 2.44. The van der Waals surface area contributed by atoms with E-state index >= 15 is 0 Å². The van der Waals surface area contributed by atoms with Crippen LogP contribution in [0, 0.1) is 5.92 Å². The number of fused-ring (bicyclic) bond motifs is 1. The van der Waals surface area contributed by atoms with Crippen LogP contribution in [0.25, 0.3) is 0 Å². The Hall–Kier alpha value is -0.860. The summed E-state index contributed by atoms with van der Waals surface area (Å²) in [6.07, 6.45) is 2.50. The van der Waals surface area contributed by atoms with Gasteiger partial charge in [0.25, 0.3) is 0 Å². The molecule has 0 aromatic heterocycles. The van der Waals surface area contributed by atoms with Crippen LogP contribution < -0.4 is 5.32 Å². The van der Waals surface area contributed by atoms with E-state index in [2.05, 4.69) is 43.4 Å². The minimum atomic E-state index is 0.376. The molecule has 1 aromatic carbocycles. The highest BCUT2D eigenvalue weighted by molar-refractivity contribution is 5.31. The van der Waals surface area contributed by atoms with Gasteiger partial charge in [0.1, 0.15) is 0 Å². The monoisotopic (exact) mass is 233 g/mol. The molecule has 1 atom stereocenters. The van der Waals surface area contributed by atoms with Crippen molar-refractivity contribution in [3.8, 4) is 0 Å². The molecule has 0 spiro atoms. The summed E-state index contributed by atoms with van der Waals surface area (Å²) in [5, 5.41) is 3.65. The molecule has 0 aliphatic carbocycles. The average Bonchev–Trinajstić information content (AvgIpc) is 2.40. The van der Waals surface area contributed by atoms with Crippen LogP contribution in [-0.4, -0.2) is 13.2 Å². The van der Waals surface area contributed by atoms with Gasteiger partial charge in [0.15, 0.2) is 0 Å². The maximum Gasteiger partial charge on any atom is 0.0721 e. The maximum atomic E-state index is 5.65. The first-order chi connectivity index (χ1) is 8.35. The van der Waals surface area contributed by atoms with Gasteiger partial charge in [0.2, 0.25) is 0 Å². The van der Waals surface area contributed by atoms with Crippen molar-refractivity contribution >= 4 is 0 Å². The molecule has 1 aromatic rings. The zero-order chi connectivity index (χ0) is 12.1. The van der Waals surface area contributed by atoms with E-state index in [-0.39, 0.29) is 0 Å². The molecule has 0 fully saturated rings. The number of benzene rings is 1. The van der Waals surface area contributed by atoms with E-state index in [0.29, 0.717) is 6.04 Å². The maximum absolute atomic E-state index is 5.65. The molecule has 0 saturated carbocycles. The van der Waals surface area contributed by atoms with Crippen molar-refractivity contribution in [3.05, 3.63) is 35.4 Å². The molecule has 1 heterocycles. The lowest BCUT2D eigenvalue weighted by molar-refractivity contribution is 0.0807. The van der Waals surface area contributed by atoms with Crippen LogP contribution in [0.4, 0.5) is 0 Å². The van der Waals surface area contributed by atoms with Crippen molar-refractivity contribution in [2.45, 2.75) is 39.3 Å². The molecule has 2 heteroatoms. The summed E-state index contributed by atoms with van der Waals surface area (Å²) in [5.74, 6) is 0.782. The smallest absolute Gasteiger partial charge is 0.0721 e. The Labute approximate surface area is 104 Å². The van der Waals surface area contributed by atoms with Crippen LogP contribution in [0.2, 0.25) is 0 Å². The molecule has 0 bridgehead atoms. The lowest BCUT2D eigenvalue weighted by Crippen LogP contribution is -2.33. The average molecular weight is 233 g/mol. The normalized spacial score (nSPS) is 19.4. The molecule has 0 radical (unpaired) electrons. The predicted molar refractivity (Wildman–Crippen MR) is 70.9 cm³/mol. The Balaban J connectivity index is 1.99. The van der Waals surface area contributed by atoms with Crippen LogP contribution in [0.15, 0.2) is 24.3 Å². The number of ether oxygens (including phenoxy) is 1. The molecule has 94 valence electrons. The van der Waals surface area contributed by atoms with Gasteiger partial charge in [-0.1, -0.05) is 51.0 Å². The van der Waals surface area contributed by atoms with Crippen molar-refractivity contribution < 1.29 is 4.74 Å². The summed E-state index contributed by atoms with van der Waals surface area (Å²) in [6.45, 7) is 7.19. The van der Waals surface area contributed by atoms with Crippen molar-refractivity contribution in [3.63, 3.8) is 0 Å². The number of rotatable bonds is 5. The number of hydrogen-bond acceptors (Lipinski definition) is 2. The van der Waals surface area contributed by atoms with Crippen molar-refractivity contribution in [1.29, 1.82) is 0 Å². The molecule has 0 amide bonds. The molecule has 1 aliphatic heterocycles. The second kappa shape index (κ2) is 6.18. The summed E-state index contributed by atoms with van der Waals surface area (Å²) in [7, 11) is 0. The van der Waals surface area contributed by atoms with Gasteiger partial charge < -0.3 is 10.1 Å². The van der Waals surface area contributed by atoms with Crippen molar-refractivity contribution in [1.82, 2.24) is 5.32 Å². The molecule has 1 unspecified atom stereocenters. The molecule has 2 nitrogen and oxygen atoms in total. The zero-order valence-corrected chi connectivity index (χ0v) is 10.9. The van der Waals surface area contributed by atoms with Gasteiger partial charge >= 0.3 is 0 Å². The predicted octanol–water partition coefficient (Wildman–Crippen LogP) is 3.28. The van der Waals surface area contributed by atoms with Crippen LogP contribution >= 0.6 is 0 Å². The molecule has 17 heavy (non-hydrogen) atoms. The van der Waals surface area contributed by atoms with Crippen molar-refractivity contribution in [2.24, 2.45) is 5.92 Å². The van der Waals surface area contributed by atoms with Crippen LogP contribution in [0.5, 0.6) is 0 Å². The second-order valence-electron chi connectivity index (χ2n) is 4.86. The van der Waals surface area contributed by atoms with Gasteiger partial charge in [0.05, 0.1) is 19.3 Å². The molecule has 1 aliphatic rings. The van der Waals surface area contributed by atoms with E-state index < -0.39 is 0 Å². The first kappa shape index (κ1) is 12.6. The number of hydrogen-bond donors (Lipinski definition) is 1. The molecular weight excluding hydrogens is 210 g/mol. The van der Waals surface area contributed by atoms with Crippen LogP contribution in [0.3, 0.4) is 0 Å². The minimum absolute atomic E-state index is 0.376. The van der Waals surface area contributed by atoms with Gasteiger partial charge in [-0.05, 0) is 23.6 Å². The summed E-state index contributed by atoms with van der Waals surface area (Å²) in [5.41, 5.74) is 2.76. The third-order valence-corrected chi connectivity index (χ3v) is 3.78. The molecular formula is C15H23NO. The van der Waals surface area contributed by atoms with Crippen molar-refractivity contribution in [2.75, 3.05) is 13.2 Å². The standard InChI is InChI=1S/C15H23NO/c1-3-12(4-2)9-16-15-11-17-10-13-7-5-6-8-14(13)15/h5-8,12,15-16H,3-4,9-11H2,1-2H3. The van der Waals surface area contributed by atoms with Gasteiger partial charge in [0, 0.05) is 0 Å². The summed E-state index contributed by atoms with van der Waals surface area (Å²) < 4.78 is 5.65. The lowest BCUT2D eigenvalue weighted by Gasteiger charge is -2.28. The quantitative estimate of drug-likeness (QED) is 0.842. The van der Waals surface area contributed by atoms with E-state index in [1.165, 1.54) is 24.0 Å². The van der Waals surface area contributed by atoms with E-state index in [1.54, 1.807) is 0 Å². The highest BCUT2D eigenvalue weighted by Crippen LogP contribution is 2.24. The highest BCUT2D eigenvalue weighted by atomic mass is 16.5. The molecule has 0 saturated heterocycles. The van der Waals surface area contributed by atoms with E-state index in [9.17, 15) is 0 Å². The summed E-state index contributed by atoms with van der Waals surface area (Å²) >= 11 is 0. The Morgan fingerprint density at radius 3 is 2.82 bits per heavy atom. The topological polar surface area (TPSA) is 21.3 Å². The third-order valence-electron chi connectivity index (χ3n) is 3.78. The van der Waals surface area contributed by atoms with E-state index in [4.69, 9.17) is 4.74 Å². The molecule has 1 N–H and O–H groups in total. The SMILES string of the molecule is CCC(CC)CNC1COCc2ccccc21. The van der Waals surface area contributed by atoms with Crippen LogP contribution in [0.1, 0.15) is 43.9 Å². The minimum Gasteiger partial charge on any atom is -0.375 e. The van der Waals surface area contributed by atoms with Gasteiger partial charge in [-0.15, -0.1) is 0 Å². The molecule has 2 rings (SSSR count). The summed E-state index contributed by atoms with van der Waals surface area (Å²) in [6, 6.07) is 8.98. The second-order valence-corrected chi connectivity index (χ2v) is 4.86. The van der Waals surface area contributed by atoms with Gasteiger partial charge in [-0.3, -0.25) is 0 Å². The fraction of sp³-hybridized carbons (Fsp3) is 0.600. The Kier molecular flexibility index (Phi) is 4.57. The first-order valence-corrected chi connectivity index (χ1v) is 6.74.